The summed E-state index contributed by atoms with van der Waals surface area (Å²) in [5.41, 5.74) is 20.7. The van der Waals surface area contributed by atoms with Crippen molar-refractivity contribution in [3.63, 3.8) is 0 Å². The maximum atomic E-state index is 13.4. The summed E-state index contributed by atoms with van der Waals surface area (Å²) in [4.78, 5) is 63.9. The number of ether oxygens (including phenoxy) is 4. The van der Waals surface area contributed by atoms with Crippen LogP contribution in [0.25, 0.3) is 11.1 Å². The summed E-state index contributed by atoms with van der Waals surface area (Å²) in [7, 11) is -0.969. The van der Waals surface area contributed by atoms with Crippen molar-refractivity contribution in [2.45, 2.75) is 51.7 Å². The molecule has 1 aliphatic carbocycles. The van der Waals surface area contributed by atoms with Gasteiger partial charge in [-0.25, -0.2) is 4.79 Å². The molecule has 298 valence electrons. The highest BCUT2D eigenvalue weighted by Crippen LogP contribution is 2.46. The summed E-state index contributed by atoms with van der Waals surface area (Å²) < 4.78 is 22.1. The van der Waals surface area contributed by atoms with Crippen LogP contribution in [0, 0.1) is 0 Å². The molecule has 16 nitrogen and oxygen atoms in total. The molecule has 0 radical (unpaired) electrons. The lowest BCUT2D eigenvalue weighted by Gasteiger charge is -2.21. The number of esters is 1. The molecule has 0 bridgehead atoms. The van der Waals surface area contributed by atoms with Crippen molar-refractivity contribution >= 4 is 37.9 Å². The fourth-order valence-electron chi connectivity index (χ4n) is 5.93. The van der Waals surface area contributed by atoms with Crippen molar-refractivity contribution in [2.24, 2.45) is 17.2 Å². The molecule has 9 N–H and O–H groups in total. The average molecular weight is 774 g/mol. The summed E-state index contributed by atoms with van der Waals surface area (Å²) in [5.74, 6) is -2.05. The predicted molar refractivity (Wildman–Crippen MR) is 206 cm³/mol. The molecule has 0 saturated heterocycles. The van der Waals surface area contributed by atoms with Crippen molar-refractivity contribution in [3.8, 4) is 11.1 Å². The Morgan fingerprint density at radius 2 is 1.59 bits per heavy atom. The number of nitrogens with zero attached hydrogens (tertiary/aromatic N) is 1. The van der Waals surface area contributed by atoms with Crippen molar-refractivity contribution in [1.82, 2.24) is 20.6 Å². The third-order valence-corrected chi connectivity index (χ3v) is 9.71. The molecule has 0 saturated carbocycles. The second-order valence-corrected chi connectivity index (χ2v) is 14.9. The summed E-state index contributed by atoms with van der Waals surface area (Å²) in [5, 5.41) is 8.69. The fraction of sp³-hybridized carbons (Fsp3) is 0.541. The number of nitrogens with one attached hydrogen (secondary N) is 3. The lowest BCUT2D eigenvalue weighted by atomic mass is 9.95. The molecule has 3 rings (SSSR count). The van der Waals surface area contributed by atoms with Crippen LogP contribution in [0.4, 0.5) is 4.79 Å². The van der Waals surface area contributed by atoms with Crippen LogP contribution in [0.5, 0.6) is 0 Å². The number of fused-ring (bicyclic) bond motifs is 3. The van der Waals surface area contributed by atoms with Gasteiger partial charge in [0.1, 0.15) is 13.2 Å². The first-order valence-corrected chi connectivity index (χ1v) is 20.1. The van der Waals surface area contributed by atoms with Crippen molar-refractivity contribution in [3.05, 3.63) is 58.7 Å². The third kappa shape index (κ3) is 14.2. The van der Waals surface area contributed by atoms with E-state index >= 15 is 0 Å². The zero-order valence-corrected chi connectivity index (χ0v) is 32.6. The number of primary amides is 1. The lowest BCUT2D eigenvalue weighted by Crippen LogP contribution is -2.41. The fourth-order valence-corrected chi connectivity index (χ4v) is 6.90. The molecule has 54 heavy (non-hydrogen) atoms. The number of amides is 4. The molecule has 4 unspecified atom stereocenters. The Morgan fingerprint density at radius 3 is 2.19 bits per heavy atom. The lowest BCUT2D eigenvalue weighted by molar-refractivity contribution is -0.141. The molecule has 0 heterocycles. The van der Waals surface area contributed by atoms with Crippen molar-refractivity contribution in [1.29, 1.82) is 0 Å². The molecule has 4 atom stereocenters. The van der Waals surface area contributed by atoms with Gasteiger partial charge in [-0.2, -0.15) is 0 Å². The van der Waals surface area contributed by atoms with Crippen molar-refractivity contribution < 1.29 is 42.9 Å². The van der Waals surface area contributed by atoms with Crippen LogP contribution in [0.15, 0.2) is 36.4 Å². The van der Waals surface area contributed by atoms with Gasteiger partial charge in [-0.05, 0) is 79.5 Å². The van der Waals surface area contributed by atoms with Gasteiger partial charge in [0.2, 0.25) is 5.91 Å². The zero-order valence-electron chi connectivity index (χ0n) is 31.7. The van der Waals surface area contributed by atoms with E-state index in [1.165, 1.54) is 6.92 Å². The minimum absolute atomic E-state index is 0.0365. The van der Waals surface area contributed by atoms with Crippen LogP contribution in [0.2, 0.25) is 0 Å². The van der Waals surface area contributed by atoms with Gasteiger partial charge in [-0.15, -0.1) is 0 Å². The number of benzene rings is 2. The molecule has 0 aromatic heterocycles. The van der Waals surface area contributed by atoms with Gasteiger partial charge < -0.3 is 51.9 Å². The van der Waals surface area contributed by atoms with E-state index in [1.54, 1.807) is 29.2 Å². The molecule has 0 aliphatic heterocycles. The molecule has 0 spiro atoms. The van der Waals surface area contributed by atoms with Crippen LogP contribution in [0.3, 0.4) is 0 Å². The highest BCUT2D eigenvalue weighted by atomic mass is 31.1. The number of nitrogens with two attached hydrogens (primary N) is 3. The van der Waals surface area contributed by atoms with Gasteiger partial charge in [0.05, 0.1) is 32.2 Å². The van der Waals surface area contributed by atoms with Gasteiger partial charge in [-0.3, -0.25) is 24.1 Å². The van der Waals surface area contributed by atoms with Crippen LogP contribution in [-0.2, 0) is 28.5 Å². The first-order chi connectivity index (χ1) is 25.9. The van der Waals surface area contributed by atoms with Crippen molar-refractivity contribution in [2.75, 3.05) is 78.7 Å². The summed E-state index contributed by atoms with van der Waals surface area (Å²) in [6.45, 7) is 9.22. The van der Waals surface area contributed by atoms with Crippen LogP contribution in [-0.4, -0.2) is 126 Å². The Kier molecular flexibility index (Phi) is 18.8. The van der Waals surface area contributed by atoms with Gasteiger partial charge in [0, 0.05) is 64.3 Å². The molecule has 0 fully saturated rings. The highest BCUT2D eigenvalue weighted by molar-refractivity contribution is 7.55. The Hall–Kier alpha value is -4.18. The van der Waals surface area contributed by atoms with E-state index in [9.17, 15) is 24.0 Å². The molecule has 1 aliphatic rings. The normalized spacial score (nSPS) is 14.7. The Balaban J connectivity index is 1.77. The Morgan fingerprint density at radius 1 is 0.926 bits per heavy atom. The Labute approximate surface area is 318 Å². The quantitative estimate of drug-likeness (QED) is 0.0509. The number of carbonyl (C=O) groups excluding carboxylic acids is 5. The van der Waals surface area contributed by atoms with Crippen LogP contribution >= 0.6 is 8.07 Å². The molecular formula is C37H56N7O9P. The molecule has 17 heteroatoms. The van der Waals surface area contributed by atoms with Crippen LogP contribution in [0.1, 0.15) is 71.4 Å². The van der Waals surface area contributed by atoms with Gasteiger partial charge in [0.25, 0.3) is 11.8 Å². The number of hydrogen-bond donors (Lipinski definition) is 6. The number of rotatable bonds is 24. The zero-order chi connectivity index (χ0) is 39.6. The predicted octanol–water partition coefficient (Wildman–Crippen LogP) is 1.83. The number of carbonyl (C=O) groups is 5. The smallest absolute Gasteiger partial charge is 0.407 e. The van der Waals surface area contributed by atoms with Gasteiger partial charge in [-0.1, -0.05) is 19.1 Å². The minimum atomic E-state index is -0.969. The monoisotopic (exact) mass is 773 g/mol. The second-order valence-electron chi connectivity index (χ2n) is 13.0. The molecule has 2 aromatic carbocycles. The van der Waals surface area contributed by atoms with Gasteiger partial charge >= 0.3 is 12.1 Å². The van der Waals surface area contributed by atoms with E-state index in [4.69, 9.17) is 36.1 Å². The third-order valence-electron chi connectivity index (χ3n) is 8.59. The number of alkyl carbamates (subject to hydrolysis) is 1. The second kappa shape index (κ2) is 22.9. The minimum Gasteiger partial charge on any atom is -0.465 e. The van der Waals surface area contributed by atoms with E-state index < -0.39 is 32.0 Å². The summed E-state index contributed by atoms with van der Waals surface area (Å²) in [6, 6.07) is 10.5. The average Bonchev–Trinajstić information content (AvgIpc) is 3.43. The topological polar surface area (TPSA) is 240 Å². The van der Waals surface area contributed by atoms with E-state index in [2.05, 4.69) is 15.7 Å². The molecule has 4 amide bonds. The largest absolute Gasteiger partial charge is 0.465 e. The maximum Gasteiger partial charge on any atom is 0.407 e. The first-order valence-electron chi connectivity index (χ1n) is 18.1. The Bertz CT molecular complexity index is 1580. The highest BCUT2D eigenvalue weighted by Gasteiger charge is 2.32. The SMILES string of the molecule is CCC(CCN)OCP(C)NC(=O)c1ccc2c(c1)C(COC(=O)NCCN(CCOC(C)=O)CC(N)=O)c1cc(C(=O)NC(C)COCCN)ccc1-2. The first kappa shape index (κ1) is 44.2. The van der Waals surface area contributed by atoms with E-state index in [0.29, 0.717) is 43.8 Å². The van der Waals surface area contributed by atoms with Gasteiger partial charge in [0.15, 0.2) is 0 Å². The molecule has 2 aromatic rings. The van der Waals surface area contributed by atoms with E-state index in [1.807, 2.05) is 32.6 Å². The molecular weight excluding hydrogens is 717 g/mol. The standard InChI is InChI=1S/C37H56N7O9P/c1-5-28(10-11-38)53-23-54(4)43-36(48)27-7-9-30-29-8-6-26(35(47)42-24(2)21-50-16-12-39)18-31(29)33(32(30)19-27)22-52-37(49)41-13-14-44(20-34(40)46)15-17-51-25(3)45/h6-9,18-19,24,28,33H,5,10-17,20-23,38-39H2,1-4H3,(H2,40,46)(H,41,49)(H,42,47)(H,43,48). The maximum absolute atomic E-state index is 13.4. The van der Waals surface area contributed by atoms with E-state index in [-0.39, 0.29) is 63.4 Å². The summed E-state index contributed by atoms with van der Waals surface area (Å²) >= 11 is 0. The number of hydrogen-bond acceptors (Lipinski definition) is 12. The van der Waals surface area contributed by atoms with E-state index in [0.717, 1.165) is 35.1 Å². The van der Waals surface area contributed by atoms with Crippen LogP contribution < -0.4 is 32.9 Å². The summed E-state index contributed by atoms with van der Waals surface area (Å²) in [6.07, 6.45) is 1.32.